The Morgan fingerprint density at radius 1 is 1.11 bits per heavy atom. The Hall–Kier alpha value is -4.05. The third-order valence-corrected chi connectivity index (χ3v) is 5.57. The van der Waals surface area contributed by atoms with Gasteiger partial charge in [-0.3, -0.25) is 9.89 Å². The predicted octanol–water partition coefficient (Wildman–Crippen LogP) is 4.88. The molecule has 0 aliphatic rings. The summed E-state index contributed by atoms with van der Waals surface area (Å²) in [5, 5.41) is 10.6. The molecular weight excluding hydrogens is 461 g/mol. The number of alkyl halides is 3. The smallest absolute Gasteiger partial charge is 0.497 e. The quantitative estimate of drug-likeness (QED) is 0.347. The van der Waals surface area contributed by atoms with Crippen LogP contribution in [0.4, 0.5) is 13.2 Å². The molecule has 182 valence electrons. The van der Waals surface area contributed by atoms with Crippen LogP contribution in [0.3, 0.4) is 0 Å². The molecule has 1 aromatic heterocycles. The maximum Gasteiger partial charge on any atom is 0.573 e. The number of aryl methyl sites for hydroxylation is 1. The number of halogens is 3. The summed E-state index contributed by atoms with van der Waals surface area (Å²) in [7, 11) is 1.50. The van der Waals surface area contributed by atoms with Crippen molar-refractivity contribution in [2.45, 2.75) is 19.3 Å². The summed E-state index contributed by atoms with van der Waals surface area (Å²) in [6, 6.07) is 15.7. The van der Waals surface area contributed by atoms with Gasteiger partial charge in [-0.2, -0.15) is 5.10 Å². The standard InChI is InChI=1S/C25H23F3N4O3/c1-14-19-11-15(6-8-21(19)32-31-14)16-7-9-23(35-25(26,27)28)20(12-16)24(33)30-22(13-29)17-4-3-5-18(10-17)34-2/h3-12,22H,13,29H2,1-2H3,(H,30,33)(H,31,32). The molecule has 35 heavy (non-hydrogen) atoms. The molecule has 0 saturated carbocycles. The number of ether oxygens (including phenoxy) is 2. The highest BCUT2D eigenvalue weighted by molar-refractivity contribution is 5.99. The van der Waals surface area contributed by atoms with E-state index in [1.807, 2.05) is 19.1 Å². The van der Waals surface area contributed by atoms with Gasteiger partial charge >= 0.3 is 6.36 Å². The molecule has 4 rings (SSSR count). The highest BCUT2D eigenvalue weighted by Crippen LogP contribution is 2.32. The third-order valence-electron chi connectivity index (χ3n) is 5.57. The van der Waals surface area contributed by atoms with E-state index < -0.39 is 24.1 Å². The number of methoxy groups -OCH3 is 1. The van der Waals surface area contributed by atoms with E-state index in [-0.39, 0.29) is 12.1 Å². The number of fused-ring (bicyclic) bond motifs is 1. The van der Waals surface area contributed by atoms with Crippen molar-refractivity contribution in [1.29, 1.82) is 0 Å². The van der Waals surface area contributed by atoms with Gasteiger partial charge in [0.15, 0.2) is 0 Å². The maximum atomic E-state index is 13.2. The fraction of sp³-hybridized carbons (Fsp3) is 0.200. The average molecular weight is 484 g/mol. The largest absolute Gasteiger partial charge is 0.573 e. The Balaban J connectivity index is 1.72. The molecule has 1 amide bonds. The Morgan fingerprint density at radius 2 is 1.86 bits per heavy atom. The topological polar surface area (TPSA) is 102 Å². The maximum absolute atomic E-state index is 13.2. The van der Waals surface area contributed by atoms with Gasteiger partial charge in [-0.05, 0) is 60.0 Å². The Labute approximate surface area is 199 Å². The molecule has 3 aromatic carbocycles. The second kappa shape index (κ2) is 9.67. The predicted molar refractivity (Wildman–Crippen MR) is 125 cm³/mol. The number of amides is 1. The van der Waals surface area contributed by atoms with E-state index in [1.165, 1.54) is 19.2 Å². The number of nitrogens with two attached hydrogens (primary N) is 1. The first-order valence-corrected chi connectivity index (χ1v) is 10.7. The first-order chi connectivity index (χ1) is 16.7. The van der Waals surface area contributed by atoms with E-state index in [9.17, 15) is 18.0 Å². The number of carbonyl (C=O) groups is 1. The van der Waals surface area contributed by atoms with Crippen molar-refractivity contribution in [3.63, 3.8) is 0 Å². The van der Waals surface area contributed by atoms with Crippen LogP contribution in [0.1, 0.15) is 27.7 Å². The van der Waals surface area contributed by atoms with Gasteiger partial charge in [0.1, 0.15) is 11.5 Å². The molecule has 1 unspecified atom stereocenters. The summed E-state index contributed by atoms with van der Waals surface area (Å²) in [5.74, 6) is -0.811. The summed E-state index contributed by atoms with van der Waals surface area (Å²) >= 11 is 0. The zero-order chi connectivity index (χ0) is 25.2. The third kappa shape index (κ3) is 5.38. The van der Waals surface area contributed by atoms with Crippen molar-refractivity contribution in [3.8, 4) is 22.6 Å². The molecule has 0 aliphatic heterocycles. The summed E-state index contributed by atoms with van der Waals surface area (Å²) in [5.41, 5.74) is 9.09. The van der Waals surface area contributed by atoms with Gasteiger partial charge in [0.25, 0.3) is 5.91 Å². The number of aromatic amines is 1. The number of carbonyl (C=O) groups excluding carboxylic acids is 1. The van der Waals surface area contributed by atoms with E-state index >= 15 is 0 Å². The van der Waals surface area contributed by atoms with Gasteiger partial charge in [0.2, 0.25) is 0 Å². The van der Waals surface area contributed by atoms with Gasteiger partial charge < -0.3 is 20.5 Å². The second-order valence-electron chi connectivity index (χ2n) is 7.87. The van der Waals surface area contributed by atoms with Crippen LogP contribution in [0.2, 0.25) is 0 Å². The Bertz CT molecular complexity index is 1370. The van der Waals surface area contributed by atoms with Crippen molar-refractivity contribution in [1.82, 2.24) is 15.5 Å². The van der Waals surface area contributed by atoms with Crippen LogP contribution in [-0.4, -0.2) is 36.1 Å². The van der Waals surface area contributed by atoms with E-state index in [1.54, 1.807) is 30.3 Å². The minimum absolute atomic E-state index is 0.0183. The molecule has 4 N–H and O–H groups in total. The van der Waals surface area contributed by atoms with Crippen molar-refractivity contribution >= 4 is 16.8 Å². The van der Waals surface area contributed by atoms with E-state index in [2.05, 4.69) is 20.3 Å². The highest BCUT2D eigenvalue weighted by Gasteiger charge is 2.33. The van der Waals surface area contributed by atoms with Crippen LogP contribution in [-0.2, 0) is 0 Å². The average Bonchev–Trinajstić information content (AvgIpc) is 3.21. The first-order valence-electron chi connectivity index (χ1n) is 10.7. The van der Waals surface area contributed by atoms with Crippen LogP contribution in [0.25, 0.3) is 22.0 Å². The molecule has 0 radical (unpaired) electrons. The lowest BCUT2D eigenvalue weighted by Gasteiger charge is -2.20. The van der Waals surface area contributed by atoms with Crippen LogP contribution < -0.4 is 20.5 Å². The van der Waals surface area contributed by atoms with Crippen LogP contribution in [0.5, 0.6) is 11.5 Å². The second-order valence-corrected chi connectivity index (χ2v) is 7.87. The highest BCUT2D eigenvalue weighted by atomic mass is 19.4. The van der Waals surface area contributed by atoms with Gasteiger partial charge in [0, 0.05) is 11.9 Å². The van der Waals surface area contributed by atoms with Gasteiger partial charge in [-0.25, -0.2) is 0 Å². The van der Waals surface area contributed by atoms with Gasteiger partial charge in [0.05, 0.1) is 29.9 Å². The normalized spacial score (nSPS) is 12.4. The SMILES string of the molecule is COc1cccc(C(CN)NC(=O)c2cc(-c3ccc4[nH]nc(C)c4c3)ccc2OC(F)(F)F)c1. The number of nitrogens with zero attached hydrogens (tertiary/aromatic N) is 1. The van der Waals surface area contributed by atoms with E-state index in [0.29, 0.717) is 22.4 Å². The number of rotatable bonds is 7. The van der Waals surface area contributed by atoms with Crippen molar-refractivity contribution < 1.29 is 27.4 Å². The number of benzene rings is 3. The van der Waals surface area contributed by atoms with Crippen molar-refractivity contribution in [2.24, 2.45) is 5.73 Å². The monoisotopic (exact) mass is 484 g/mol. The fourth-order valence-corrected chi connectivity index (χ4v) is 3.80. The minimum Gasteiger partial charge on any atom is -0.497 e. The van der Waals surface area contributed by atoms with Crippen LogP contribution >= 0.6 is 0 Å². The summed E-state index contributed by atoms with van der Waals surface area (Å²) in [6.45, 7) is 1.86. The summed E-state index contributed by atoms with van der Waals surface area (Å²) in [4.78, 5) is 13.2. The zero-order valence-corrected chi connectivity index (χ0v) is 18.9. The first kappa shape index (κ1) is 24.1. The minimum atomic E-state index is -4.97. The van der Waals surface area contributed by atoms with Gasteiger partial charge in [-0.15, -0.1) is 13.2 Å². The lowest BCUT2D eigenvalue weighted by molar-refractivity contribution is -0.274. The molecule has 1 heterocycles. The van der Waals surface area contributed by atoms with Crippen molar-refractivity contribution in [2.75, 3.05) is 13.7 Å². The van der Waals surface area contributed by atoms with Crippen molar-refractivity contribution in [3.05, 3.63) is 77.5 Å². The Kier molecular flexibility index (Phi) is 6.65. The fourth-order valence-electron chi connectivity index (χ4n) is 3.80. The van der Waals surface area contributed by atoms with E-state index in [0.717, 1.165) is 22.7 Å². The lowest BCUT2D eigenvalue weighted by atomic mass is 9.99. The molecule has 4 aromatic rings. The summed E-state index contributed by atoms with van der Waals surface area (Å²) in [6.07, 6.45) is -4.97. The molecule has 0 spiro atoms. The number of nitrogens with one attached hydrogen (secondary N) is 2. The number of hydrogen-bond donors (Lipinski definition) is 3. The molecular formula is C25H23F3N4O3. The van der Waals surface area contributed by atoms with Crippen LogP contribution in [0, 0.1) is 6.92 Å². The van der Waals surface area contributed by atoms with E-state index in [4.69, 9.17) is 10.5 Å². The summed E-state index contributed by atoms with van der Waals surface area (Å²) < 4.78 is 48.6. The molecule has 10 heteroatoms. The number of hydrogen-bond acceptors (Lipinski definition) is 5. The number of aromatic nitrogens is 2. The number of H-pyrrole nitrogens is 1. The lowest BCUT2D eigenvalue weighted by Crippen LogP contribution is -2.34. The molecule has 0 saturated heterocycles. The Morgan fingerprint density at radius 3 is 2.57 bits per heavy atom. The van der Waals surface area contributed by atoms with Crippen LogP contribution in [0.15, 0.2) is 60.7 Å². The molecule has 0 fully saturated rings. The molecule has 0 aliphatic carbocycles. The zero-order valence-electron chi connectivity index (χ0n) is 18.9. The molecule has 7 nitrogen and oxygen atoms in total. The van der Waals surface area contributed by atoms with Gasteiger partial charge in [-0.1, -0.05) is 24.3 Å². The molecule has 1 atom stereocenters. The molecule has 0 bridgehead atoms.